The second-order valence-corrected chi connectivity index (χ2v) is 5.81. The third-order valence-corrected chi connectivity index (χ3v) is 4.34. The van der Waals surface area contributed by atoms with Gasteiger partial charge in [-0.1, -0.05) is 18.2 Å². The van der Waals surface area contributed by atoms with Gasteiger partial charge >= 0.3 is 0 Å². The molecule has 2 rings (SSSR count). The molecule has 0 saturated heterocycles. The van der Waals surface area contributed by atoms with Gasteiger partial charge < -0.3 is 0 Å². The Morgan fingerprint density at radius 2 is 1.67 bits per heavy atom. The minimum atomic E-state index is -1.12. The fourth-order valence-corrected chi connectivity index (χ4v) is 2.80. The van der Waals surface area contributed by atoms with E-state index in [0.717, 1.165) is 5.56 Å². The van der Waals surface area contributed by atoms with Crippen LogP contribution in [0, 0.1) is 19.7 Å². The van der Waals surface area contributed by atoms with Gasteiger partial charge in [-0.3, -0.25) is 4.21 Å². The van der Waals surface area contributed by atoms with Gasteiger partial charge in [0.2, 0.25) is 0 Å². The third-order valence-electron chi connectivity index (χ3n) is 2.95. The molecule has 0 amide bonds. The van der Waals surface area contributed by atoms with E-state index in [1.165, 1.54) is 23.3 Å². The molecular weight excluding hydrogens is 247 g/mol. The summed E-state index contributed by atoms with van der Waals surface area (Å²) >= 11 is 0. The van der Waals surface area contributed by atoms with Crippen LogP contribution >= 0.6 is 0 Å². The van der Waals surface area contributed by atoms with Gasteiger partial charge in [0, 0.05) is 4.90 Å². The van der Waals surface area contributed by atoms with Crippen LogP contribution in [0.5, 0.6) is 0 Å². The molecule has 0 aliphatic rings. The van der Waals surface area contributed by atoms with E-state index in [1.807, 2.05) is 19.1 Å². The number of rotatable bonds is 3. The maximum Gasteiger partial charge on any atom is 0.123 e. The van der Waals surface area contributed by atoms with Crippen molar-refractivity contribution in [2.24, 2.45) is 0 Å². The predicted molar refractivity (Wildman–Crippen MR) is 72.4 cm³/mol. The Labute approximate surface area is 109 Å². The van der Waals surface area contributed by atoms with Crippen LogP contribution in [0.4, 0.5) is 4.39 Å². The van der Waals surface area contributed by atoms with Crippen LogP contribution in [0.15, 0.2) is 47.4 Å². The van der Waals surface area contributed by atoms with Crippen LogP contribution in [0.1, 0.15) is 16.7 Å². The lowest BCUT2D eigenvalue weighted by atomic mass is 10.1. The Morgan fingerprint density at radius 3 is 2.28 bits per heavy atom. The molecule has 0 heterocycles. The van der Waals surface area contributed by atoms with Crippen molar-refractivity contribution >= 4 is 10.8 Å². The number of aryl methyl sites for hydroxylation is 2. The van der Waals surface area contributed by atoms with E-state index in [1.54, 1.807) is 12.1 Å². The molecule has 0 saturated carbocycles. The highest BCUT2D eigenvalue weighted by Crippen LogP contribution is 2.15. The zero-order valence-corrected chi connectivity index (χ0v) is 11.3. The minimum absolute atomic E-state index is 0.304. The van der Waals surface area contributed by atoms with E-state index in [-0.39, 0.29) is 5.82 Å². The van der Waals surface area contributed by atoms with Gasteiger partial charge in [-0.2, -0.15) is 0 Å². The van der Waals surface area contributed by atoms with Crippen LogP contribution in [0.2, 0.25) is 0 Å². The molecule has 0 N–H and O–H groups in total. The first-order chi connectivity index (χ1) is 8.56. The molecule has 2 aromatic rings. The summed E-state index contributed by atoms with van der Waals surface area (Å²) in [5, 5.41) is 0. The van der Waals surface area contributed by atoms with Gasteiger partial charge in [0.05, 0.1) is 16.6 Å². The summed E-state index contributed by atoms with van der Waals surface area (Å²) in [5.74, 6) is 0.161. The van der Waals surface area contributed by atoms with E-state index in [0.29, 0.717) is 10.6 Å². The first-order valence-electron chi connectivity index (χ1n) is 5.76. The van der Waals surface area contributed by atoms with Crippen LogP contribution in [0.25, 0.3) is 0 Å². The smallest absolute Gasteiger partial charge is 0.123 e. The summed E-state index contributed by atoms with van der Waals surface area (Å²) < 4.78 is 24.9. The second kappa shape index (κ2) is 5.44. The summed E-state index contributed by atoms with van der Waals surface area (Å²) in [6, 6.07) is 11.9. The molecule has 1 nitrogen and oxygen atoms in total. The molecule has 3 heteroatoms. The Balaban J connectivity index is 2.16. The highest BCUT2D eigenvalue weighted by atomic mass is 32.2. The van der Waals surface area contributed by atoms with Crippen molar-refractivity contribution in [3.05, 3.63) is 65.0 Å². The van der Waals surface area contributed by atoms with E-state index < -0.39 is 10.8 Å². The van der Waals surface area contributed by atoms with Crippen LogP contribution in [0.3, 0.4) is 0 Å². The average molecular weight is 262 g/mol. The fraction of sp³-hybridized carbons (Fsp3) is 0.200. The van der Waals surface area contributed by atoms with Gasteiger partial charge in [0.1, 0.15) is 5.82 Å². The van der Waals surface area contributed by atoms with Crippen LogP contribution < -0.4 is 0 Å². The molecule has 0 aromatic heterocycles. The Bertz CT molecular complexity index is 576. The largest absolute Gasteiger partial charge is 0.254 e. The molecule has 0 aliphatic carbocycles. The maximum absolute atomic E-state index is 12.8. The molecule has 1 atom stereocenters. The van der Waals surface area contributed by atoms with Gasteiger partial charge in [0.15, 0.2) is 0 Å². The van der Waals surface area contributed by atoms with E-state index >= 15 is 0 Å². The molecule has 1 unspecified atom stereocenters. The molecule has 94 valence electrons. The van der Waals surface area contributed by atoms with Crippen molar-refractivity contribution in [1.29, 1.82) is 0 Å². The van der Waals surface area contributed by atoms with Gasteiger partial charge in [-0.15, -0.1) is 0 Å². The topological polar surface area (TPSA) is 17.1 Å². The standard InChI is InChI=1S/C15H15FOS/c1-11-3-4-13(9-12(11)2)10-18(17)15-7-5-14(16)6-8-15/h3-9H,10H2,1-2H3. The lowest BCUT2D eigenvalue weighted by molar-refractivity contribution is 0.626. The SMILES string of the molecule is Cc1ccc(CS(=O)c2ccc(F)cc2)cc1C. The maximum atomic E-state index is 12.8. The summed E-state index contributed by atoms with van der Waals surface area (Å²) in [6.45, 7) is 4.09. The first kappa shape index (κ1) is 13.0. The van der Waals surface area contributed by atoms with Gasteiger partial charge in [-0.25, -0.2) is 4.39 Å². The molecule has 0 spiro atoms. The highest BCUT2D eigenvalue weighted by molar-refractivity contribution is 7.84. The number of hydrogen-bond donors (Lipinski definition) is 0. The second-order valence-electron chi connectivity index (χ2n) is 4.36. The molecule has 0 bridgehead atoms. The highest BCUT2D eigenvalue weighted by Gasteiger charge is 2.06. The van der Waals surface area contributed by atoms with Crippen molar-refractivity contribution in [1.82, 2.24) is 0 Å². The first-order valence-corrected chi connectivity index (χ1v) is 7.08. The number of halogens is 1. The molecule has 0 fully saturated rings. The predicted octanol–water partition coefficient (Wildman–Crippen LogP) is 3.75. The minimum Gasteiger partial charge on any atom is -0.254 e. The van der Waals surface area contributed by atoms with Gasteiger partial charge in [0.25, 0.3) is 0 Å². The third kappa shape index (κ3) is 3.05. The summed E-state index contributed by atoms with van der Waals surface area (Å²) in [5.41, 5.74) is 3.47. The van der Waals surface area contributed by atoms with Crippen molar-refractivity contribution in [2.45, 2.75) is 24.5 Å². The summed E-state index contributed by atoms with van der Waals surface area (Å²) in [4.78, 5) is 0.662. The number of hydrogen-bond acceptors (Lipinski definition) is 1. The van der Waals surface area contributed by atoms with E-state index in [2.05, 4.69) is 13.0 Å². The van der Waals surface area contributed by atoms with Crippen molar-refractivity contribution in [3.63, 3.8) is 0 Å². The van der Waals surface area contributed by atoms with Crippen molar-refractivity contribution in [2.75, 3.05) is 0 Å². The molecule has 2 aromatic carbocycles. The summed E-state index contributed by atoms with van der Waals surface area (Å²) in [6.07, 6.45) is 0. The normalized spacial score (nSPS) is 12.4. The Morgan fingerprint density at radius 1 is 1.00 bits per heavy atom. The lowest BCUT2D eigenvalue weighted by Gasteiger charge is -2.05. The summed E-state index contributed by atoms with van der Waals surface area (Å²) in [7, 11) is -1.12. The Hall–Kier alpha value is -1.48. The molecule has 18 heavy (non-hydrogen) atoms. The zero-order valence-electron chi connectivity index (χ0n) is 10.4. The average Bonchev–Trinajstić information content (AvgIpc) is 2.34. The quantitative estimate of drug-likeness (QED) is 0.823. The number of benzene rings is 2. The zero-order chi connectivity index (χ0) is 13.1. The molecular formula is C15H15FOS. The van der Waals surface area contributed by atoms with Crippen molar-refractivity contribution in [3.8, 4) is 0 Å². The van der Waals surface area contributed by atoms with E-state index in [9.17, 15) is 8.60 Å². The Kier molecular flexibility index (Phi) is 3.92. The molecule has 0 radical (unpaired) electrons. The van der Waals surface area contributed by atoms with Crippen LogP contribution in [-0.4, -0.2) is 4.21 Å². The van der Waals surface area contributed by atoms with E-state index in [4.69, 9.17) is 0 Å². The molecule has 0 aliphatic heterocycles. The lowest BCUT2D eigenvalue weighted by Crippen LogP contribution is -1.97. The monoisotopic (exact) mass is 262 g/mol. The van der Waals surface area contributed by atoms with Crippen LogP contribution in [-0.2, 0) is 16.6 Å². The van der Waals surface area contributed by atoms with Gasteiger partial charge in [-0.05, 0) is 54.8 Å². The van der Waals surface area contributed by atoms with Crippen molar-refractivity contribution < 1.29 is 8.60 Å². The fourth-order valence-electron chi connectivity index (χ4n) is 1.71.